The van der Waals surface area contributed by atoms with Crippen molar-refractivity contribution < 1.29 is 9.53 Å². The molecule has 2 saturated carbocycles. The molecule has 0 unspecified atom stereocenters. The van der Waals surface area contributed by atoms with Gasteiger partial charge < -0.3 is 4.74 Å². The van der Waals surface area contributed by atoms with Crippen molar-refractivity contribution in [2.45, 2.75) is 64.7 Å². The third-order valence-corrected chi connectivity index (χ3v) is 5.16. The molecule has 2 aliphatic rings. The lowest BCUT2D eigenvalue weighted by atomic mass is 9.62. The Morgan fingerprint density at radius 1 is 1.26 bits per heavy atom. The van der Waals surface area contributed by atoms with Crippen molar-refractivity contribution in [2.24, 2.45) is 17.3 Å². The molecule has 0 N–H and O–H groups in total. The average molecular weight is 263 g/mol. The Bertz CT molecular complexity index is 342. The maximum atomic E-state index is 11.8. The molecule has 2 fully saturated rings. The number of rotatable bonds is 3. The van der Waals surface area contributed by atoms with Crippen LogP contribution < -0.4 is 0 Å². The Labute approximate surface area is 116 Å². The van der Waals surface area contributed by atoms with Gasteiger partial charge in [0.15, 0.2) is 0 Å². The molecule has 3 nitrogen and oxygen atoms in total. The summed E-state index contributed by atoms with van der Waals surface area (Å²) in [5.41, 5.74) is 0.545. The molecule has 0 heterocycles. The van der Waals surface area contributed by atoms with E-state index in [-0.39, 0.29) is 11.9 Å². The van der Waals surface area contributed by atoms with Crippen LogP contribution in [-0.4, -0.2) is 12.6 Å². The van der Waals surface area contributed by atoms with Crippen LogP contribution in [0.1, 0.15) is 64.7 Å². The van der Waals surface area contributed by atoms with E-state index in [0.717, 1.165) is 12.8 Å². The highest BCUT2D eigenvalue weighted by Crippen LogP contribution is 2.50. The van der Waals surface area contributed by atoms with Crippen LogP contribution in [0.2, 0.25) is 0 Å². The van der Waals surface area contributed by atoms with Crippen LogP contribution in [0.15, 0.2) is 0 Å². The monoisotopic (exact) mass is 263 g/mol. The molecular formula is C16H25NO2. The van der Waals surface area contributed by atoms with Crippen LogP contribution in [0, 0.1) is 28.6 Å². The first-order chi connectivity index (χ1) is 9.21. The summed E-state index contributed by atoms with van der Waals surface area (Å²) in [6, 6.07) is 2.17. The van der Waals surface area contributed by atoms with Crippen LogP contribution in [0.4, 0.5) is 0 Å². The summed E-state index contributed by atoms with van der Waals surface area (Å²) in [5.74, 6) is -0.632. The van der Waals surface area contributed by atoms with Crippen LogP contribution in [-0.2, 0) is 9.53 Å². The van der Waals surface area contributed by atoms with E-state index in [2.05, 4.69) is 6.07 Å². The first-order valence-corrected chi connectivity index (χ1v) is 7.77. The Hall–Kier alpha value is -1.04. The standard InChI is InChI=1S/C16H25NO2/c1-2-19-15(18)14(12-17)13-6-10-16(11-7-13)8-4-3-5-9-16/h13-14H,2-11H2,1H3/t14-/m1/s1. The van der Waals surface area contributed by atoms with Gasteiger partial charge in [0.2, 0.25) is 0 Å². The van der Waals surface area contributed by atoms with Crippen LogP contribution in [0.25, 0.3) is 0 Å². The van der Waals surface area contributed by atoms with Gasteiger partial charge in [-0.1, -0.05) is 19.3 Å². The van der Waals surface area contributed by atoms with Gasteiger partial charge in [-0.25, -0.2) is 0 Å². The fourth-order valence-corrected chi connectivity index (χ4v) is 3.97. The van der Waals surface area contributed by atoms with Gasteiger partial charge in [0, 0.05) is 0 Å². The molecule has 1 spiro atoms. The third-order valence-electron chi connectivity index (χ3n) is 5.16. The summed E-state index contributed by atoms with van der Waals surface area (Å²) in [4.78, 5) is 11.8. The SMILES string of the molecule is CCOC(=O)[C@H](C#N)C1CCC2(CCCCC2)CC1. The topological polar surface area (TPSA) is 50.1 Å². The summed E-state index contributed by atoms with van der Waals surface area (Å²) in [5, 5.41) is 9.23. The lowest BCUT2D eigenvalue weighted by Crippen LogP contribution is -2.34. The molecule has 0 saturated heterocycles. The van der Waals surface area contributed by atoms with Gasteiger partial charge in [-0.05, 0) is 56.8 Å². The van der Waals surface area contributed by atoms with E-state index in [1.807, 2.05) is 0 Å². The summed E-state index contributed by atoms with van der Waals surface area (Å²) in [6.07, 6.45) is 11.3. The number of nitriles is 1. The van der Waals surface area contributed by atoms with Crippen molar-refractivity contribution >= 4 is 5.97 Å². The largest absolute Gasteiger partial charge is 0.465 e. The zero-order chi connectivity index (χ0) is 13.7. The highest BCUT2D eigenvalue weighted by atomic mass is 16.5. The third kappa shape index (κ3) is 3.29. The molecule has 0 aromatic carbocycles. The van der Waals surface area contributed by atoms with Crippen molar-refractivity contribution in [2.75, 3.05) is 6.61 Å². The minimum atomic E-state index is -0.541. The molecule has 0 aliphatic heterocycles. The van der Waals surface area contributed by atoms with Crippen LogP contribution in [0.3, 0.4) is 0 Å². The fourth-order valence-electron chi connectivity index (χ4n) is 3.97. The highest BCUT2D eigenvalue weighted by Gasteiger charge is 2.40. The minimum Gasteiger partial charge on any atom is -0.465 e. The van der Waals surface area contributed by atoms with Crippen molar-refractivity contribution in [3.63, 3.8) is 0 Å². The number of esters is 1. The normalized spacial score (nSPS) is 24.6. The van der Waals surface area contributed by atoms with Gasteiger partial charge in [0.05, 0.1) is 12.7 Å². The van der Waals surface area contributed by atoms with E-state index in [9.17, 15) is 10.1 Å². The van der Waals surface area contributed by atoms with E-state index in [4.69, 9.17) is 4.74 Å². The van der Waals surface area contributed by atoms with E-state index >= 15 is 0 Å². The molecular weight excluding hydrogens is 238 g/mol. The first kappa shape index (κ1) is 14.4. The van der Waals surface area contributed by atoms with E-state index in [1.54, 1.807) is 6.92 Å². The average Bonchev–Trinajstić information content (AvgIpc) is 2.43. The minimum absolute atomic E-state index is 0.219. The molecule has 3 heteroatoms. The van der Waals surface area contributed by atoms with Gasteiger partial charge in [0.25, 0.3) is 0 Å². The molecule has 0 bridgehead atoms. The number of hydrogen-bond donors (Lipinski definition) is 0. The molecule has 106 valence electrons. The second kappa shape index (κ2) is 6.41. The van der Waals surface area contributed by atoms with Gasteiger partial charge >= 0.3 is 5.97 Å². The number of hydrogen-bond acceptors (Lipinski definition) is 3. The van der Waals surface area contributed by atoms with Crippen LogP contribution >= 0.6 is 0 Å². The van der Waals surface area contributed by atoms with Crippen molar-refractivity contribution in [3.8, 4) is 6.07 Å². The number of ether oxygens (including phenoxy) is 1. The number of carbonyl (C=O) groups excluding carboxylic acids is 1. The Morgan fingerprint density at radius 2 is 1.89 bits per heavy atom. The quantitative estimate of drug-likeness (QED) is 0.727. The summed E-state index contributed by atoms with van der Waals surface area (Å²) in [7, 11) is 0. The van der Waals surface area contributed by atoms with E-state index in [1.165, 1.54) is 44.9 Å². The zero-order valence-corrected chi connectivity index (χ0v) is 12.0. The molecule has 2 aliphatic carbocycles. The lowest BCUT2D eigenvalue weighted by Gasteiger charge is -2.43. The van der Waals surface area contributed by atoms with E-state index in [0.29, 0.717) is 12.0 Å². The van der Waals surface area contributed by atoms with Crippen molar-refractivity contribution in [3.05, 3.63) is 0 Å². The van der Waals surface area contributed by atoms with Crippen molar-refractivity contribution in [1.82, 2.24) is 0 Å². The fraction of sp³-hybridized carbons (Fsp3) is 0.875. The summed E-state index contributed by atoms with van der Waals surface area (Å²) >= 11 is 0. The first-order valence-electron chi connectivity index (χ1n) is 7.77. The van der Waals surface area contributed by atoms with Gasteiger partial charge in [-0.15, -0.1) is 0 Å². The molecule has 2 rings (SSSR count). The Balaban J connectivity index is 1.91. The van der Waals surface area contributed by atoms with E-state index < -0.39 is 5.92 Å². The van der Waals surface area contributed by atoms with Gasteiger partial charge in [-0.2, -0.15) is 5.26 Å². The molecule has 1 atom stereocenters. The number of carbonyl (C=O) groups is 1. The number of nitrogens with zero attached hydrogens (tertiary/aromatic N) is 1. The summed E-state index contributed by atoms with van der Waals surface area (Å²) in [6.45, 7) is 2.16. The predicted octanol–water partition coefficient (Wildman–Crippen LogP) is 3.83. The second-order valence-corrected chi connectivity index (χ2v) is 6.26. The Morgan fingerprint density at radius 3 is 2.42 bits per heavy atom. The molecule has 0 aromatic heterocycles. The second-order valence-electron chi connectivity index (χ2n) is 6.26. The van der Waals surface area contributed by atoms with Crippen LogP contribution in [0.5, 0.6) is 0 Å². The maximum Gasteiger partial charge on any atom is 0.323 e. The van der Waals surface area contributed by atoms with Crippen molar-refractivity contribution in [1.29, 1.82) is 5.26 Å². The van der Waals surface area contributed by atoms with Gasteiger partial charge in [0.1, 0.15) is 5.92 Å². The maximum absolute atomic E-state index is 11.8. The lowest BCUT2D eigenvalue weighted by molar-refractivity contribution is -0.148. The molecule has 19 heavy (non-hydrogen) atoms. The Kier molecular flexibility index (Phi) is 4.85. The smallest absolute Gasteiger partial charge is 0.323 e. The predicted molar refractivity (Wildman–Crippen MR) is 73.2 cm³/mol. The zero-order valence-electron chi connectivity index (χ0n) is 12.0. The summed E-state index contributed by atoms with van der Waals surface area (Å²) < 4.78 is 5.02. The molecule has 0 aromatic rings. The van der Waals surface area contributed by atoms with Gasteiger partial charge in [-0.3, -0.25) is 4.79 Å². The molecule has 0 radical (unpaired) electrons. The highest BCUT2D eigenvalue weighted by molar-refractivity contribution is 5.75. The molecule has 0 amide bonds.